The molecule has 2 aromatic rings. The summed E-state index contributed by atoms with van der Waals surface area (Å²) in [5, 5.41) is 0. The second-order valence-corrected chi connectivity index (χ2v) is 3.89. The summed E-state index contributed by atoms with van der Waals surface area (Å²) >= 11 is 0. The zero-order valence-electron chi connectivity index (χ0n) is 9.51. The summed E-state index contributed by atoms with van der Waals surface area (Å²) in [5.74, 6) is 0. The predicted octanol–water partition coefficient (Wildman–Crippen LogP) is 3.37. The highest BCUT2D eigenvalue weighted by Gasteiger charge is 2.33. The molecule has 0 radical (unpaired) electrons. The highest BCUT2D eigenvalue weighted by Crippen LogP contribution is 2.36. The van der Waals surface area contributed by atoms with E-state index in [0.29, 0.717) is 0 Å². The van der Waals surface area contributed by atoms with Crippen molar-refractivity contribution < 1.29 is 13.2 Å². The van der Waals surface area contributed by atoms with Gasteiger partial charge < -0.3 is 4.98 Å². The Kier molecular flexibility index (Phi) is 2.98. The van der Waals surface area contributed by atoms with Gasteiger partial charge in [0.2, 0.25) is 0 Å². The molecule has 5 heteroatoms. The van der Waals surface area contributed by atoms with Crippen LogP contribution in [0.2, 0.25) is 0 Å². The van der Waals surface area contributed by atoms with Crippen LogP contribution in [0, 0.1) is 6.92 Å². The minimum absolute atomic E-state index is 0.0137. The van der Waals surface area contributed by atoms with Gasteiger partial charge in [0.15, 0.2) is 5.43 Å². The quantitative estimate of drug-likeness (QED) is 0.830. The number of aromatic nitrogens is 1. The van der Waals surface area contributed by atoms with Gasteiger partial charge in [-0.25, -0.2) is 0 Å². The molecule has 0 atom stereocenters. The summed E-state index contributed by atoms with van der Waals surface area (Å²) in [6.07, 6.45) is -3.10. The third-order valence-electron chi connectivity index (χ3n) is 2.71. The van der Waals surface area contributed by atoms with Crippen molar-refractivity contribution in [1.82, 2.24) is 4.98 Å². The fraction of sp³-hybridized carbons (Fsp3) is 0.154. The van der Waals surface area contributed by atoms with Gasteiger partial charge in [0.1, 0.15) is 0 Å². The lowest BCUT2D eigenvalue weighted by molar-refractivity contribution is -0.137. The van der Waals surface area contributed by atoms with E-state index >= 15 is 0 Å². The SMILES string of the molecule is Cc1c(-c2ccccc2C(F)(F)F)[nH]ccc1=O. The molecule has 1 aromatic carbocycles. The average Bonchev–Trinajstić information content (AvgIpc) is 2.32. The molecule has 0 aliphatic heterocycles. The van der Waals surface area contributed by atoms with Gasteiger partial charge in [0.25, 0.3) is 0 Å². The van der Waals surface area contributed by atoms with E-state index in [2.05, 4.69) is 4.98 Å². The van der Waals surface area contributed by atoms with Crippen LogP contribution in [0.3, 0.4) is 0 Å². The maximum absolute atomic E-state index is 12.9. The molecule has 18 heavy (non-hydrogen) atoms. The first-order chi connectivity index (χ1) is 8.41. The molecule has 0 aliphatic carbocycles. The van der Waals surface area contributed by atoms with Gasteiger partial charge in [-0.05, 0) is 13.0 Å². The van der Waals surface area contributed by atoms with Crippen molar-refractivity contribution in [1.29, 1.82) is 0 Å². The maximum Gasteiger partial charge on any atom is 0.417 e. The number of hydrogen-bond acceptors (Lipinski definition) is 1. The summed E-state index contributed by atoms with van der Waals surface area (Å²) in [6, 6.07) is 6.47. The first-order valence-corrected chi connectivity index (χ1v) is 5.26. The van der Waals surface area contributed by atoms with Crippen molar-refractivity contribution in [2.45, 2.75) is 13.1 Å². The zero-order valence-corrected chi connectivity index (χ0v) is 9.51. The van der Waals surface area contributed by atoms with Crippen LogP contribution in [-0.4, -0.2) is 4.98 Å². The second kappa shape index (κ2) is 4.33. The number of halogens is 3. The Morgan fingerprint density at radius 2 is 1.78 bits per heavy atom. The Morgan fingerprint density at radius 1 is 1.11 bits per heavy atom. The predicted molar refractivity (Wildman–Crippen MR) is 62.2 cm³/mol. The number of pyridine rings is 1. The van der Waals surface area contributed by atoms with Crippen LogP contribution < -0.4 is 5.43 Å². The first-order valence-electron chi connectivity index (χ1n) is 5.26. The Morgan fingerprint density at radius 3 is 2.44 bits per heavy atom. The summed E-state index contributed by atoms with van der Waals surface area (Å²) < 4.78 is 38.6. The molecule has 0 aliphatic rings. The monoisotopic (exact) mass is 253 g/mol. The zero-order chi connectivity index (χ0) is 13.3. The third-order valence-corrected chi connectivity index (χ3v) is 2.71. The maximum atomic E-state index is 12.9. The van der Waals surface area contributed by atoms with E-state index in [9.17, 15) is 18.0 Å². The van der Waals surface area contributed by atoms with Crippen LogP contribution in [0.4, 0.5) is 13.2 Å². The summed E-state index contributed by atoms with van der Waals surface area (Å²) in [7, 11) is 0. The van der Waals surface area contributed by atoms with E-state index in [-0.39, 0.29) is 22.2 Å². The average molecular weight is 253 g/mol. The van der Waals surface area contributed by atoms with E-state index in [0.717, 1.165) is 6.07 Å². The molecule has 0 fully saturated rings. The summed E-state index contributed by atoms with van der Waals surface area (Å²) in [6.45, 7) is 1.50. The molecule has 2 rings (SSSR count). The van der Waals surface area contributed by atoms with Gasteiger partial charge >= 0.3 is 6.18 Å². The minimum Gasteiger partial charge on any atom is -0.361 e. The van der Waals surface area contributed by atoms with E-state index in [1.54, 1.807) is 0 Å². The minimum atomic E-state index is -4.45. The van der Waals surface area contributed by atoms with Gasteiger partial charge in [-0.15, -0.1) is 0 Å². The smallest absolute Gasteiger partial charge is 0.361 e. The van der Waals surface area contributed by atoms with Crippen molar-refractivity contribution >= 4 is 0 Å². The van der Waals surface area contributed by atoms with E-state index < -0.39 is 11.7 Å². The topological polar surface area (TPSA) is 32.9 Å². The van der Waals surface area contributed by atoms with Crippen molar-refractivity contribution in [2.24, 2.45) is 0 Å². The van der Waals surface area contributed by atoms with Crippen LogP contribution >= 0.6 is 0 Å². The molecule has 0 bridgehead atoms. The number of benzene rings is 1. The standard InChI is InChI=1S/C13H10F3NO/c1-8-11(18)6-7-17-12(8)9-4-2-3-5-10(9)13(14,15)16/h2-7H,1H3,(H,17,18). The highest BCUT2D eigenvalue weighted by molar-refractivity contribution is 5.67. The van der Waals surface area contributed by atoms with E-state index in [1.165, 1.54) is 37.4 Å². The molecule has 0 saturated heterocycles. The molecule has 0 spiro atoms. The van der Waals surface area contributed by atoms with Crippen molar-refractivity contribution in [3.63, 3.8) is 0 Å². The van der Waals surface area contributed by atoms with Gasteiger partial charge in [0, 0.05) is 23.4 Å². The van der Waals surface area contributed by atoms with Crippen LogP contribution in [0.15, 0.2) is 41.3 Å². The fourth-order valence-corrected chi connectivity index (χ4v) is 1.79. The van der Waals surface area contributed by atoms with E-state index in [4.69, 9.17) is 0 Å². The fourth-order valence-electron chi connectivity index (χ4n) is 1.79. The summed E-state index contributed by atoms with van der Waals surface area (Å²) in [4.78, 5) is 14.2. The Labute approximate surface area is 101 Å². The van der Waals surface area contributed by atoms with Gasteiger partial charge in [-0.2, -0.15) is 13.2 Å². The number of rotatable bonds is 1. The Balaban J connectivity index is 2.73. The van der Waals surface area contributed by atoms with Crippen molar-refractivity contribution in [3.8, 4) is 11.3 Å². The molecule has 1 heterocycles. The van der Waals surface area contributed by atoms with Crippen LogP contribution in [0.1, 0.15) is 11.1 Å². The Hall–Kier alpha value is -2.04. The highest BCUT2D eigenvalue weighted by atomic mass is 19.4. The molecule has 1 N–H and O–H groups in total. The van der Waals surface area contributed by atoms with Crippen LogP contribution in [-0.2, 0) is 6.18 Å². The largest absolute Gasteiger partial charge is 0.417 e. The number of H-pyrrole nitrogens is 1. The normalized spacial score (nSPS) is 11.6. The molecule has 2 nitrogen and oxygen atoms in total. The van der Waals surface area contributed by atoms with Gasteiger partial charge in [0.05, 0.1) is 11.3 Å². The molecular weight excluding hydrogens is 243 g/mol. The van der Waals surface area contributed by atoms with Crippen molar-refractivity contribution in [2.75, 3.05) is 0 Å². The summed E-state index contributed by atoms with van der Waals surface area (Å²) in [5.41, 5.74) is -0.583. The lowest BCUT2D eigenvalue weighted by Crippen LogP contribution is -2.11. The lowest BCUT2D eigenvalue weighted by atomic mass is 10.0. The van der Waals surface area contributed by atoms with Crippen LogP contribution in [0.5, 0.6) is 0 Å². The second-order valence-electron chi connectivity index (χ2n) is 3.89. The van der Waals surface area contributed by atoms with Gasteiger partial charge in [-0.1, -0.05) is 18.2 Å². The van der Waals surface area contributed by atoms with Crippen LogP contribution in [0.25, 0.3) is 11.3 Å². The van der Waals surface area contributed by atoms with Crippen molar-refractivity contribution in [3.05, 3.63) is 57.9 Å². The Bertz CT molecular complexity index is 629. The molecule has 0 unspecified atom stereocenters. The first kappa shape index (κ1) is 12.4. The third kappa shape index (κ3) is 2.16. The number of aromatic amines is 1. The molecular formula is C13H10F3NO. The molecule has 1 aromatic heterocycles. The molecule has 0 amide bonds. The molecule has 94 valence electrons. The number of hydrogen-bond donors (Lipinski definition) is 1. The van der Waals surface area contributed by atoms with Gasteiger partial charge in [-0.3, -0.25) is 4.79 Å². The molecule has 0 saturated carbocycles. The van der Waals surface area contributed by atoms with E-state index in [1.807, 2.05) is 0 Å². The number of alkyl halides is 3. The lowest BCUT2D eigenvalue weighted by Gasteiger charge is -2.13. The number of nitrogens with one attached hydrogen (secondary N) is 1.